The molecule has 0 radical (unpaired) electrons. The minimum atomic E-state index is -0.0419. The molecule has 15 heavy (non-hydrogen) atoms. The first-order valence-corrected chi connectivity index (χ1v) is 6.58. The van der Waals surface area contributed by atoms with Gasteiger partial charge in [-0.15, -0.1) is 11.8 Å². The maximum Gasteiger partial charge on any atom is 0.126 e. The van der Waals surface area contributed by atoms with Gasteiger partial charge in [0.2, 0.25) is 0 Å². The van der Waals surface area contributed by atoms with Crippen LogP contribution in [0.2, 0.25) is 0 Å². The molecule has 1 aliphatic heterocycles. The normalized spacial score (nSPS) is 18.0. The van der Waals surface area contributed by atoms with E-state index in [1.807, 2.05) is 18.4 Å². The van der Waals surface area contributed by atoms with Gasteiger partial charge in [0.05, 0.1) is 0 Å². The monoisotopic (exact) mass is 225 g/mol. The van der Waals surface area contributed by atoms with Crippen LogP contribution >= 0.6 is 11.8 Å². The van der Waals surface area contributed by atoms with E-state index in [1.54, 1.807) is 17.8 Å². The van der Waals surface area contributed by atoms with E-state index in [1.165, 1.54) is 0 Å². The second-order valence-electron chi connectivity index (χ2n) is 3.91. The average Bonchev–Trinajstić information content (AvgIpc) is 2.31. The van der Waals surface area contributed by atoms with Crippen molar-refractivity contribution in [3.05, 3.63) is 29.6 Å². The fraction of sp³-hybridized carbons (Fsp3) is 0.500. The standard InChI is InChI=1S/C12H16FNS/c1-15-10-2-3-12(13)11(8-10)9-4-6-14-7-5-9/h2-3,8-9,14H,4-7H2,1H3. The van der Waals surface area contributed by atoms with Gasteiger partial charge in [-0.2, -0.15) is 0 Å². The van der Waals surface area contributed by atoms with Gasteiger partial charge >= 0.3 is 0 Å². The van der Waals surface area contributed by atoms with Crippen molar-refractivity contribution in [1.82, 2.24) is 5.32 Å². The highest BCUT2D eigenvalue weighted by Gasteiger charge is 2.18. The molecule has 1 aliphatic rings. The zero-order chi connectivity index (χ0) is 10.7. The summed E-state index contributed by atoms with van der Waals surface area (Å²) in [5, 5.41) is 3.30. The van der Waals surface area contributed by atoms with Crippen LogP contribution in [0, 0.1) is 5.82 Å². The third kappa shape index (κ3) is 2.52. The minimum absolute atomic E-state index is 0.0419. The van der Waals surface area contributed by atoms with Crippen molar-refractivity contribution in [2.24, 2.45) is 0 Å². The Hall–Kier alpha value is -0.540. The number of piperidine rings is 1. The molecule has 0 atom stereocenters. The SMILES string of the molecule is CSc1ccc(F)c(C2CCNCC2)c1. The highest BCUT2D eigenvalue weighted by Crippen LogP contribution is 2.30. The van der Waals surface area contributed by atoms with E-state index in [0.717, 1.165) is 36.4 Å². The van der Waals surface area contributed by atoms with E-state index in [2.05, 4.69) is 5.32 Å². The molecule has 1 aromatic rings. The van der Waals surface area contributed by atoms with Gasteiger partial charge in [0.25, 0.3) is 0 Å². The fourth-order valence-corrected chi connectivity index (χ4v) is 2.54. The van der Waals surface area contributed by atoms with Crippen LogP contribution < -0.4 is 5.32 Å². The Morgan fingerprint density at radius 3 is 2.73 bits per heavy atom. The Bertz CT molecular complexity index is 334. The Balaban J connectivity index is 2.24. The molecule has 3 heteroatoms. The Morgan fingerprint density at radius 1 is 1.33 bits per heavy atom. The lowest BCUT2D eigenvalue weighted by Gasteiger charge is -2.23. The van der Waals surface area contributed by atoms with Crippen LogP contribution in [0.1, 0.15) is 24.3 Å². The second-order valence-corrected chi connectivity index (χ2v) is 4.79. The van der Waals surface area contributed by atoms with E-state index in [4.69, 9.17) is 0 Å². The molecule has 1 heterocycles. The molecular formula is C12H16FNS. The van der Waals surface area contributed by atoms with Crippen LogP contribution in [0.25, 0.3) is 0 Å². The van der Waals surface area contributed by atoms with Crippen LogP contribution in [-0.2, 0) is 0 Å². The first-order valence-electron chi connectivity index (χ1n) is 5.35. The molecule has 0 aromatic heterocycles. The summed E-state index contributed by atoms with van der Waals surface area (Å²) in [6.45, 7) is 2.02. The first kappa shape index (κ1) is 11.0. The lowest BCUT2D eigenvalue weighted by molar-refractivity contribution is 0.444. The number of hydrogen-bond donors (Lipinski definition) is 1. The summed E-state index contributed by atoms with van der Waals surface area (Å²) >= 11 is 1.67. The topological polar surface area (TPSA) is 12.0 Å². The largest absolute Gasteiger partial charge is 0.317 e. The minimum Gasteiger partial charge on any atom is -0.317 e. The van der Waals surface area contributed by atoms with E-state index in [-0.39, 0.29) is 5.82 Å². The van der Waals surface area contributed by atoms with Crippen LogP contribution in [0.3, 0.4) is 0 Å². The molecule has 1 fully saturated rings. The molecule has 1 aromatic carbocycles. The van der Waals surface area contributed by atoms with Crippen molar-refractivity contribution in [2.45, 2.75) is 23.7 Å². The maximum atomic E-state index is 13.7. The third-order valence-electron chi connectivity index (χ3n) is 2.98. The molecule has 0 amide bonds. The van der Waals surface area contributed by atoms with E-state index >= 15 is 0 Å². The molecule has 0 spiro atoms. The second kappa shape index (κ2) is 4.99. The summed E-state index contributed by atoms with van der Waals surface area (Å²) < 4.78 is 13.7. The van der Waals surface area contributed by atoms with Crippen molar-refractivity contribution in [1.29, 1.82) is 0 Å². The predicted octanol–water partition coefficient (Wildman–Crippen LogP) is 3.01. The van der Waals surface area contributed by atoms with Gasteiger partial charge in [0.1, 0.15) is 5.82 Å². The summed E-state index contributed by atoms with van der Waals surface area (Å²) in [6.07, 6.45) is 4.13. The van der Waals surface area contributed by atoms with Crippen LogP contribution in [0.15, 0.2) is 23.1 Å². The summed E-state index contributed by atoms with van der Waals surface area (Å²) in [5.74, 6) is 0.359. The van der Waals surface area contributed by atoms with Gasteiger partial charge in [-0.25, -0.2) is 4.39 Å². The summed E-state index contributed by atoms with van der Waals surface area (Å²) in [5.41, 5.74) is 0.906. The number of halogens is 1. The van der Waals surface area contributed by atoms with Gasteiger partial charge in [-0.3, -0.25) is 0 Å². The number of thioether (sulfide) groups is 1. The van der Waals surface area contributed by atoms with Crippen molar-refractivity contribution < 1.29 is 4.39 Å². The molecule has 2 rings (SSSR count). The maximum absolute atomic E-state index is 13.7. The van der Waals surface area contributed by atoms with Crippen LogP contribution in [0.5, 0.6) is 0 Å². The van der Waals surface area contributed by atoms with Crippen LogP contribution in [0.4, 0.5) is 4.39 Å². The van der Waals surface area contributed by atoms with Gasteiger partial charge in [-0.1, -0.05) is 0 Å². The molecule has 0 aliphatic carbocycles. The number of hydrogen-bond acceptors (Lipinski definition) is 2. The van der Waals surface area contributed by atoms with Crippen molar-refractivity contribution in [3.8, 4) is 0 Å². The highest BCUT2D eigenvalue weighted by molar-refractivity contribution is 7.98. The predicted molar refractivity (Wildman–Crippen MR) is 63.0 cm³/mol. The number of rotatable bonds is 2. The third-order valence-corrected chi connectivity index (χ3v) is 3.71. The summed E-state index contributed by atoms with van der Waals surface area (Å²) in [4.78, 5) is 1.16. The quantitative estimate of drug-likeness (QED) is 0.776. The zero-order valence-electron chi connectivity index (χ0n) is 8.92. The first-order chi connectivity index (χ1) is 7.31. The Kier molecular flexibility index (Phi) is 3.65. The molecule has 1 nitrogen and oxygen atoms in total. The van der Waals surface area contributed by atoms with Gasteiger partial charge in [-0.05, 0) is 61.9 Å². The summed E-state index contributed by atoms with van der Waals surface area (Å²) in [6, 6.07) is 5.46. The number of nitrogens with one attached hydrogen (secondary N) is 1. The molecule has 1 saturated heterocycles. The number of benzene rings is 1. The van der Waals surface area contributed by atoms with Crippen molar-refractivity contribution in [3.63, 3.8) is 0 Å². The van der Waals surface area contributed by atoms with Crippen LogP contribution in [-0.4, -0.2) is 19.3 Å². The Labute approximate surface area is 94.5 Å². The van der Waals surface area contributed by atoms with Crippen molar-refractivity contribution in [2.75, 3.05) is 19.3 Å². The lowest BCUT2D eigenvalue weighted by atomic mass is 9.90. The molecule has 0 bridgehead atoms. The summed E-state index contributed by atoms with van der Waals surface area (Å²) in [7, 11) is 0. The highest BCUT2D eigenvalue weighted by atomic mass is 32.2. The van der Waals surface area contributed by atoms with E-state index in [9.17, 15) is 4.39 Å². The molecule has 82 valence electrons. The molecule has 0 unspecified atom stereocenters. The average molecular weight is 225 g/mol. The molecular weight excluding hydrogens is 209 g/mol. The van der Waals surface area contributed by atoms with E-state index in [0.29, 0.717) is 5.92 Å². The van der Waals surface area contributed by atoms with Gasteiger partial charge in [0, 0.05) is 4.90 Å². The van der Waals surface area contributed by atoms with Gasteiger partial charge < -0.3 is 5.32 Å². The Morgan fingerprint density at radius 2 is 2.07 bits per heavy atom. The molecule has 0 saturated carbocycles. The zero-order valence-corrected chi connectivity index (χ0v) is 9.74. The fourth-order valence-electron chi connectivity index (χ4n) is 2.09. The van der Waals surface area contributed by atoms with E-state index < -0.39 is 0 Å². The lowest BCUT2D eigenvalue weighted by Crippen LogP contribution is -2.27. The smallest absolute Gasteiger partial charge is 0.126 e. The van der Waals surface area contributed by atoms with Crippen molar-refractivity contribution >= 4 is 11.8 Å². The van der Waals surface area contributed by atoms with Gasteiger partial charge in [0.15, 0.2) is 0 Å². The molecule has 1 N–H and O–H groups in total.